The Morgan fingerprint density at radius 1 is 1.00 bits per heavy atom. The van der Waals surface area contributed by atoms with Crippen molar-refractivity contribution in [3.05, 3.63) is 94.9 Å². The Labute approximate surface area is 192 Å². The summed E-state index contributed by atoms with van der Waals surface area (Å²) in [7, 11) is 0. The minimum atomic E-state index is -0.116. The summed E-state index contributed by atoms with van der Waals surface area (Å²) in [5, 5.41) is 5.90. The Morgan fingerprint density at radius 2 is 1.72 bits per heavy atom. The molecule has 1 aliphatic heterocycles. The van der Waals surface area contributed by atoms with Gasteiger partial charge in [0.15, 0.2) is 0 Å². The number of nitrogens with zero attached hydrogens (tertiary/aromatic N) is 1. The van der Waals surface area contributed by atoms with Crippen molar-refractivity contribution in [3.8, 4) is 0 Å². The first-order valence-electron chi connectivity index (χ1n) is 10.6. The summed E-state index contributed by atoms with van der Waals surface area (Å²) >= 11 is 1.45. The second kappa shape index (κ2) is 10.2. The van der Waals surface area contributed by atoms with E-state index in [4.69, 9.17) is 0 Å². The van der Waals surface area contributed by atoms with E-state index in [0.29, 0.717) is 17.0 Å². The van der Waals surface area contributed by atoms with E-state index in [1.807, 2.05) is 60.7 Å². The zero-order valence-corrected chi connectivity index (χ0v) is 18.7. The number of rotatable bonds is 7. The number of para-hydroxylation sites is 2. The van der Waals surface area contributed by atoms with Gasteiger partial charge in [0, 0.05) is 35.8 Å². The molecule has 0 unspecified atom stereocenters. The molecule has 6 heteroatoms. The topological polar surface area (TPSA) is 61.4 Å². The van der Waals surface area contributed by atoms with Crippen LogP contribution in [0, 0.1) is 0 Å². The molecule has 5 nitrogen and oxygen atoms in total. The number of hydrogen-bond acceptors (Lipinski definition) is 4. The van der Waals surface area contributed by atoms with E-state index in [1.165, 1.54) is 11.8 Å². The summed E-state index contributed by atoms with van der Waals surface area (Å²) in [6, 6.07) is 25.2. The Hall–Kier alpha value is -3.51. The summed E-state index contributed by atoms with van der Waals surface area (Å²) in [6.07, 6.45) is 1.84. The highest BCUT2D eigenvalue weighted by molar-refractivity contribution is 8.04. The van der Waals surface area contributed by atoms with Crippen LogP contribution in [0.15, 0.2) is 88.7 Å². The standard InChI is InChI=1S/C26H25N3O2S/c1-2-29(21-8-4-3-5-9-21)17-16-27-25(30)20-14-12-19(13-15-20)18-24-26(31)28-22-10-6-7-11-23(22)32-24/h3-15,18H,2,16-17H2,1H3,(H,27,30)(H,28,31)/b24-18-. The zero-order chi connectivity index (χ0) is 22.3. The lowest BCUT2D eigenvalue weighted by Crippen LogP contribution is -2.34. The predicted octanol–water partition coefficient (Wildman–Crippen LogP) is 5.03. The molecular weight excluding hydrogens is 418 g/mol. The van der Waals surface area contributed by atoms with Crippen LogP contribution in [-0.2, 0) is 4.79 Å². The Morgan fingerprint density at radius 3 is 2.47 bits per heavy atom. The van der Waals surface area contributed by atoms with Gasteiger partial charge in [-0.2, -0.15) is 0 Å². The van der Waals surface area contributed by atoms with Crippen LogP contribution in [0.25, 0.3) is 6.08 Å². The number of anilines is 2. The van der Waals surface area contributed by atoms with Gasteiger partial charge in [-0.15, -0.1) is 0 Å². The number of benzene rings is 3. The van der Waals surface area contributed by atoms with Crippen molar-refractivity contribution in [1.82, 2.24) is 5.32 Å². The van der Waals surface area contributed by atoms with Gasteiger partial charge in [0.05, 0.1) is 10.6 Å². The van der Waals surface area contributed by atoms with E-state index < -0.39 is 0 Å². The molecule has 0 aromatic heterocycles. The third-order valence-electron chi connectivity index (χ3n) is 5.22. The smallest absolute Gasteiger partial charge is 0.262 e. The average molecular weight is 444 g/mol. The van der Waals surface area contributed by atoms with Gasteiger partial charge in [-0.3, -0.25) is 9.59 Å². The van der Waals surface area contributed by atoms with Crippen molar-refractivity contribution in [2.45, 2.75) is 11.8 Å². The summed E-state index contributed by atoms with van der Waals surface area (Å²) in [5.74, 6) is -0.221. The molecule has 0 saturated heterocycles. The first-order chi connectivity index (χ1) is 15.6. The molecule has 0 saturated carbocycles. The molecule has 2 N–H and O–H groups in total. The lowest BCUT2D eigenvalue weighted by atomic mass is 10.1. The number of carbonyl (C=O) groups is 2. The number of nitrogens with one attached hydrogen (secondary N) is 2. The molecule has 0 atom stereocenters. The van der Waals surface area contributed by atoms with Crippen LogP contribution in [0.1, 0.15) is 22.8 Å². The second-order valence-electron chi connectivity index (χ2n) is 7.35. The zero-order valence-electron chi connectivity index (χ0n) is 17.9. The number of amides is 2. The molecular formula is C26H25N3O2S. The summed E-state index contributed by atoms with van der Waals surface area (Å²) in [4.78, 5) is 28.8. The lowest BCUT2D eigenvalue weighted by molar-refractivity contribution is -0.112. The van der Waals surface area contributed by atoms with Crippen molar-refractivity contribution in [3.63, 3.8) is 0 Å². The molecule has 0 fully saturated rings. The molecule has 162 valence electrons. The van der Waals surface area contributed by atoms with E-state index >= 15 is 0 Å². The maximum Gasteiger partial charge on any atom is 0.262 e. The van der Waals surface area contributed by atoms with E-state index in [9.17, 15) is 9.59 Å². The number of thioether (sulfide) groups is 1. The van der Waals surface area contributed by atoms with Gasteiger partial charge in [-0.05, 0) is 55.0 Å². The molecule has 0 bridgehead atoms. The minimum Gasteiger partial charge on any atom is -0.370 e. The summed E-state index contributed by atoms with van der Waals surface area (Å²) < 4.78 is 0. The van der Waals surface area contributed by atoms with Crippen LogP contribution < -0.4 is 15.5 Å². The Balaban J connectivity index is 1.35. The summed E-state index contributed by atoms with van der Waals surface area (Å²) in [6.45, 7) is 4.28. The first kappa shape index (κ1) is 21.7. The molecule has 1 heterocycles. The molecule has 4 rings (SSSR count). The highest BCUT2D eigenvalue weighted by Crippen LogP contribution is 2.38. The number of hydrogen-bond donors (Lipinski definition) is 2. The van der Waals surface area contributed by atoms with Crippen molar-refractivity contribution in [2.75, 3.05) is 29.9 Å². The molecule has 2 amide bonds. The fourth-order valence-electron chi connectivity index (χ4n) is 3.50. The van der Waals surface area contributed by atoms with Crippen LogP contribution in [0.4, 0.5) is 11.4 Å². The third-order valence-corrected chi connectivity index (χ3v) is 6.32. The van der Waals surface area contributed by atoms with Crippen LogP contribution >= 0.6 is 11.8 Å². The van der Waals surface area contributed by atoms with E-state index in [0.717, 1.165) is 34.9 Å². The van der Waals surface area contributed by atoms with Gasteiger partial charge >= 0.3 is 0 Å². The van der Waals surface area contributed by atoms with Crippen molar-refractivity contribution >= 4 is 41.0 Å². The number of carbonyl (C=O) groups excluding carboxylic acids is 2. The molecule has 0 aliphatic carbocycles. The molecule has 1 aliphatic rings. The highest BCUT2D eigenvalue weighted by Gasteiger charge is 2.20. The largest absolute Gasteiger partial charge is 0.370 e. The SMILES string of the molecule is CCN(CCNC(=O)c1ccc(/C=C2\Sc3ccccc3NC2=O)cc1)c1ccccc1. The van der Waals surface area contributed by atoms with Gasteiger partial charge in [-0.25, -0.2) is 0 Å². The number of likely N-dealkylation sites (N-methyl/N-ethyl adjacent to an activating group) is 1. The number of fused-ring (bicyclic) bond motifs is 1. The van der Waals surface area contributed by atoms with Gasteiger partial charge in [-0.1, -0.05) is 54.2 Å². The van der Waals surface area contributed by atoms with E-state index in [2.05, 4.69) is 34.6 Å². The van der Waals surface area contributed by atoms with Crippen LogP contribution in [0.2, 0.25) is 0 Å². The fraction of sp³-hybridized carbons (Fsp3) is 0.154. The normalized spacial score (nSPS) is 13.9. The van der Waals surface area contributed by atoms with Gasteiger partial charge in [0.1, 0.15) is 0 Å². The van der Waals surface area contributed by atoms with Crippen LogP contribution in [0.5, 0.6) is 0 Å². The van der Waals surface area contributed by atoms with Gasteiger partial charge < -0.3 is 15.5 Å². The monoisotopic (exact) mass is 443 g/mol. The molecule has 0 radical (unpaired) electrons. The average Bonchev–Trinajstić information content (AvgIpc) is 2.83. The quantitative estimate of drug-likeness (QED) is 0.503. The van der Waals surface area contributed by atoms with Crippen LogP contribution in [0.3, 0.4) is 0 Å². The highest BCUT2D eigenvalue weighted by atomic mass is 32.2. The molecule has 3 aromatic carbocycles. The maximum atomic E-state index is 12.5. The van der Waals surface area contributed by atoms with E-state index in [1.54, 1.807) is 12.1 Å². The minimum absolute atomic E-state index is 0.105. The lowest BCUT2D eigenvalue weighted by Gasteiger charge is -2.23. The Kier molecular flexibility index (Phi) is 6.92. The molecule has 32 heavy (non-hydrogen) atoms. The fourth-order valence-corrected chi connectivity index (χ4v) is 4.45. The second-order valence-corrected chi connectivity index (χ2v) is 8.44. The first-order valence-corrected chi connectivity index (χ1v) is 11.4. The maximum absolute atomic E-state index is 12.5. The summed E-state index contributed by atoms with van der Waals surface area (Å²) in [5.41, 5.74) is 3.45. The van der Waals surface area contributed by atoms with Crippen molar-refractivity contribution < 1.29 is 9.59 Å². The Bertz CT molecular complexity index is 1130. The van der Waals surface area contributed by atoms with Gasteiger partial charge in [0.25, 0.3) is 11.8 Å². The third kappa shape index (κ3) is 5.21. The molecule has 0 spiro atoms. The van der Waals surface area contributed by atoms with E-state index in [-0.39, 0.29) is 11.8 Å². The van der Waals surface area contributed by atoms with Crippen molar-refractivity contribution in [2.24, 2.45) is 0 Å². The molecule has 3 aromatic rings. The van der Waals surface area contributed by atoms with Crippen molar-refractivity contribution in [1.29, 1.82) is 0 Å². The van der Waals surface area contributed by atoms with Crippen LogP contribution in [-0.4, -0.2) is 31.4 Å². The van der Waals surface area contributed by atoms with Gasteiger partial charge in [0.2, 0.25) is 0 Å². The predicted molar refractivity (Wildman–Crippen MR) is 132 cm³/mol.